The monoisotopic (exact) mass is 350 g/mol. The van der Waals surface area contributed by atoms with Crippen molar-refractivity contribution in [1.29, 1.82) is 5.26 Å². The zero-order valence-electron chi connectivity index (χ0n) is 15.0. The van der Waals surface area contributed by atoms with Gasteiger partial charge in [-0.2, -0.15) is 5.26 Å². The zero-order chi connectivity index (χ0) is 18.5. The van der Waals surface area contributed by atoms with E-state index in [9.17, 15) is 4.79 Å². The second kappa shape index (κ2) is 7.92. The van der Waals surface area contributed by atoms with Crippen molar-refractivity contribution in [3.63, 3.8) is 0 Å². The summed E-state index contributed by atoms with van der Waals surface area (Å²) >= 11 is 0. The smallest absolute Gasteiger partial charge is 0.263 e. The first-order chi connectivity index (χ1) is 12.6. The first-order valence-electron chi connectivity index (χ1n) is 8.73. The molecule has 3 rings (SSSR count). The van der Waals surface area contributed by atoms with Crippen LogP contribution < -0.4 is 9.47 Å². The van der Waals surface area contributed by atoms with Crippen molar-refractivity contribution >= 4 is 5.91 Å². The fourth-order valence-corrected chi connectivity index (χ4v) is 3.30. The number of hydrogen-bond donors (Lipinski definition) is 0. The van der Waals surface area contributed by atoms with E-state index in [0.717, 1.165) is 30.7 Å². The van der Waals surface area contributed by atoms with E-state index in [1.165, 1.54) is 0 Å². The number of carbonyl (C=O) groups excluding carboxylic acids is 1. The third-order valence-corrected chi connectivity index (χ3v) is 4.68. The lowest BCUT2D eigenvalue weighted by molar-refractivity contribution is -0.138. The van der Waals surface area contributed by atoms with Crippen molar-refractivity contribution in [2.75, 3.05) is 13.7 Å². The molecule has 1 fully saturated rings. The Labute approximate surface area is 153 Å². The summed E-state index contributed by atoms with van der Waals surface area (Å²) in [6.07, 6.45) is 1.34. The van der Waals surface area contributed by atoms with Crippen LogP contribution in [0.2, 0.25) is 0 Å². The topological polar surface area (TPSA) is 62.6 Å². The number of carbonyl (C=O) groups is 1. The molecule has 1 saturated heterocycles. The number of amides is 1. The summed E-state index contributed by atoms with van der Waals surface area (Å²) in [7, 11) is 1.64. The van der Waals surface area contributed by atoms with Crippen molar-refractivity contribution in [2.24, 2.45) is 0 Å². The van der Waals surface area contributed by atoms with E-state index >= 15 is 0 Å². The molecule has 1 aliphatic rings. The summed E-state index contributed by atoms with van der Waals surface area (Å²) in [4.78, 5) is 14.8. The highest BCUT2D eigenvalue weighted by Crippen LogP contribution is 2.33. The molecular formula is C21H22N2O3. The van der Waals surface area contributed by atoms with Gasteiger partial charge in [0.05, 0.1) is 24.8 Å². The average Bonchev–Trinajstić information content (AvgIpc) is 3.17. The molecular weight excluding hydrogens is 328 g/mol. The number of nitriles is 1. The molecule has 1 heterocycles. The van der Waals surface area contributed by atoms with Gasteiger partial charge in [0.15, 0.2) is 6.10 Å². The quantitative estimate of drug-likeness (QED) is 0.825. The van der Waals surface area contributed by atoms with E-state index in [2.05, 4.69) is 6.07 Å². The lowest BCUT2D eigenvalue weighted by Gasteiger charge is -2.28. The average molecular weight is 350 g/mol. The third kappa shape index (κ3) is 3.80. The molecule has 2 aromatic carbocycles. The standard InChI is InChI=1S/C21H22N2O3/c1-15(26-19-9-5-16(14-22)6-10-19)21(24)23-13-3-4-20(23)17-7-11-18(25-2)12-8-17/h5-12,15,20H,3-4,13H2,1-2H3/t15-,20+/m0/s1. The molecule has 2 atom stereocenters. The van der Waals surface area contributed by atoms with Gasteiger partial charge < -0.3 is 14.4 Å². The fourth-order valence-electron chi connectivity index (χ4n) is 3.30. The van der Waals surface area contributed by atoms with Gasteiger partial charge in [0.1, 0.15) is 11.5 Å². The predicted molar refractivity (Wildman–Crippen MR) is 97.9 cm³/mol. The SMILES string of the molecule is COc1ccc([C@H]2CCCN2C(=O)[C@H](C)Oc2ccc(C#N)cc2)cc1. The van der Waals surface area contributed by atoms with Gasteiger partial charge in [-0.1, -0.05) is 12.1 Å². The van der Waals surface area contributed by atoms with Gasteiger partial charge in [-0.05, 0) is 61.7 Å². The molecule has 1 amide bonds. The van der Waals surface area contributed by atoms with Crippen LogP contribution in [0, 0.1) is 11.3 Å². The maximum atomic E-state index is 12.9. The third-order valence-electron chi connectivity index (χ3n) is 4.68. The Morgan fingerprint density at radius 1 is 1.15 bits per heavy atom. The second-order valence-corrected chi connectivity index (χ2v) is 6.36. The fraction of sp³-hybridized carbons (Fsp3) is 0.333. The van der Waals surface area contributed by atoms with Crippen LogP contribution in [0.4, 0.5) is 0 Å². The van der Waals surface area contributed by atoms with Crippen molar-refractivity contribution in [3.05, 3.63) is 59.7 Å². The molecule has 0 aromatic heterocycles. The highest BCUT2D eigenvalue weighted by atomic mass is 16.5. The Morgan fingerprint density at radius 2 is 1.81 bits per heavy atom. The molecule has 26 heavy (non-hydrogen) atoms. The second-order valence-electron chi connectivity index (χ2n) is 6.36. The van der Waals surface area contributed by atoms with Crippen LogP contribution in [0.25, 0.3) is 0 Å². The molecule has 1 aliphatic heterocycles. The highest BCUT2D eigenvalue weighted by Gasteiger charge is 2.33. The number of benzene rings is 2. The van der Waals surface area contributed by atoms with Gasteiger partial charge in [0.2, 0.25) is 0 Å². The molecule has 0 unspecified atom stereocenters. The predicted octanol–water partition coefficient (Wildman–Crippen LogP) is 3.70. The maximum Gasteiger partial charge on any atom is 0.263 e. The van der Waals surface area contributed by atoms with Gasteiger partial charge in [-0.3, -0.25) is 4.79 Å². The van der Waals surface area contributed by atoms with E-state index < -0.39 is 6.10 Å². The minimum Gasteiger partial charge on any atom is -0.497 e. The maximum absolute atomic E-state index is 12.9. The molecule has 0 radical (unpaired) electrons. The number of methoxy groups -OCH3 is 1. The highest BCUT2D eigenvalue weighted by molar-refractivity contribution is 5.81. The Morgan fingerprint density at radius 3 is 2.42 bits per heavy atom. The minimum absolute atomic E-state index is 0.0207. The lowest BCUT2D eigenvalue weighted by atomic mass is 10.0. The largest absolute Gasteiger partial charge is 0.497 e. The van der Waals surface area contributed by atoms with Crippen LogP contribution in [0.1, 0.15) is 36.9 Å². The van der Waals surface area contributed by atoms with E-state index in [-0.39, 0.29) is 11.9 Å². The minimum atomic E-state index is -0.582. The van der Waals surface area contributed by atoms with Gasteiger partial charge >= 0.3 is 0 Å². The Kier molecular flexibility index (Phi) is 5.43. The lowest BCUT2D eigenvalue weighted by Crippen LogP contribution is -2.40. The Balaban J connectivity index is 1.69. The van der Waals surface area contributed by atoms with E-state index in [1.54, 1.807) is 38.3 Å². The Hall–Kier alpha value is -3.00. The molecule has 5 nitrogen and oxygen atoms in total. The van der Waals surface area contributed by atoms with Crippen molar-refractivity contribution in [2.45, 2.75) is 31.9 Å². The van der Waals surface area contributed by atoms with Gasteiger partial charge in [0, 0.05) is 6.54 Å². The molecule has 2 aromatic rings. The first kappa shape index (κ1) is 17.8. The van der Waals surface area contributed by atoms with Crippen LogP contribution in [0.15, 0.2) is 48.5 Å². The van der Waals surface area contributed by atoms with Crippen LogP contribution in [-0.4, -0.2) is 30.6 Å². The number of nitrogens with zero attached hydrogens (tertiary/aromatic N) is 2. The Bertz CT molecular complexity index is 794. The van der Waals surface area contributed by atoms with Crippen LogP contribution >= 0.6 is 0 Å². The van der Waals surface area contributed by atoms with Crippen molar-refractivity contribution in [1.82, 2.24) is 4.90 Å². The van der Waals surface area contributed by atoms with Crippen LogP contribution in [0.3, 0.4) is 0 Å². The molecule has 0 aliphatic carbocycles. The number of likely N-dealkylation sites (tertiary alicyclic amines) is 1. The van der Waals surface area contributed by atoms with E-state index in [1.807, 2.05) is 29.2 Å². The summed E-state index contributed by atoms with van der Waals surface area (Å²) in [6.45, 7) is 2.50. The molecule has 0 bridgehead atoms. The molecule has 0 saturated carbocycles. The molecule has 5 heteroatoms. The van der Waals surface area contributed by atoms with Gasteiger partial charge in [-0.25, -0.2) is 0 Å². The summed E-state index contributed by atoms with van der Waals surface area (Å²) in [5.74, 6) is 1.37. The normalized spacial score (nSPS) is 17.4. The van der Waals surface area contributed by atoms with Crippen molar-refractivity contribution in [3.8, 4) is 17.6 Å². The molecule has 0 spiro atoms. The summed E-state index contributed by atoms with van der Waals surface area (Å²) in [5.41, 5.74) is 1.68. The van der Waals surface area contributed by atoms with E-state index in [4.69, 9.17) is 14.7 Å². The summed E-state index contributed by atoms with van der Waals surface area (Å²) in [5, 5.41) is 8.85. The number of hydrogen-bond acceptors (Lipinski definition) is 4. The molecule has 0 N–H and O–H groups in total. The van der Waals surface area contributed by atoms with E-state index in [0.29, 0.717) is 11.3 Å². The van der Waals surface area contributed by atoms with Crippen LogP contribution in [-0.2, 0) is 4.79 Å². The zero-order valence-corrected chi connectivity index (χ0v) is 15.0. The van der Waals surface area contributed by atoms with Crippen molar-refractivity contribution < 1.29 is 14.3 Å². The van der Waals surface area contributed by atoms with Gasteiger partial charge in [0.25, 0.3) is 5.91 Å². The first-order valence-corrected chi connectivity index (χ1v) is 8.73. The summed E-state index contributed by atoms with van der Waals surface area (Å²) in [6, 6.07) is 16.8. The molecule has 134 valence electrons. The number of rotatable bonds is 5. The summed E-state index contributed by atoms with van der Waals surface area (Å²) < 4.78 is 11.0. The van der Waals surface area contributed by atoms with Crippen LogP contribution in [0.5, 0.6) is 11.5 Å². The van der Waals surface area contributed by atoms with Gasteiger partial charge in [-0.15, -0.1) is 0 Å². The number of ether oxygens (including phenoxy) is 2.